The summed E-state index contributed by atoms with van der Waals surface area (Å²) < 4.78 is 11.3. The van der Waals surface area contributed by atoms with Crippen molar-refractivity contribution in [2.45, 2.75) is 26.3 Å². The van der Waals surface area contributed by atoms with Crippen LogP contribution in [0.3, 0.4) is 0 Å². The first-order valence-corrected chi connectivity index (χ1v) is 10.4. The molecule has 7 heteroatoms. The molecular formula is C23H26N4O3. The monoisotopic (exact) mass is 406 g/mol. The number of aromatic nitrogens is 2. The summed E-state index contributed by atoms with van der Waals surface area (Å²) in [6, 6.07) is 18.1. The van der Waals surface area contributed by atoms with E-state index in [0.717, 1.165) is 42.8 Å². The zero-order chi connectivity index (χ0) is 20.8. The van der Waals surface area contributed by atoms with Crippen molar-refractivity contribution >= 4 is 11.9 Å². The number of amides is 1. The Kier molecular flexibility index (Phi) is 6.27. The fourth-order valence-electron chi connectivity index (χ4n) is 3.58. The molecule has 156 valence electrons. The maximum Gasteiger partial charge on any atom is 0.318 e. The first-order chi connectivity index (χ1) is 14.7. The molecule has 0 saturated carbocycles. The van der Waals surface area contributed by atoms with E-state index in [1.165, 1.54) is 0 Å². The maximum absolute atomic E-state index is 12.6. The van der Waals surface area contributed by atoms with Crippen LogP contribution in [-0.2, 0) is 11.3 Å². The molecule has 1 N–H and O–H groups in total. The van der Waals surface area contributed by atoms with E-state index in [1.54, 1.807) is 0 Å². The molecule has 1 aliphatic heterocycles. The number of piperidine rings is 1. The molecule has 1 amide bonds. The number of benzene rings is 2. The van der Waals surface area contributed by atoms with Crippen LogP contribution in [0.5, 0.6) is 5.75 Å². The summed E-state index contributed by atoms with van der Waals surface area (Å²) in [5.41, 5.74) is 1.96. The third kappa shape index (κ3) is 4.79. The normalized spacial score (nSPS) is 14.5. The number of hydrogen-bond acceptors (Lipinski definition) is 6. The molecule has 7 nitrogen and oxygen atoms in total. The van der Waals surface area contributed by atoms with Crippen molar-refractivity contribution in [3.63, 3.8) is 0 Å². The van der Waals surface area contributed by atoms with E-state index in [2.05, 4.69) is 20.4 Å². The third-order valence-electron chi connectivity index (χ3n) is 5.27. The Labute approximate surface area is 176 Å². The average Bonchev–Trinajstić information content (AvgIpc) is 3.30. The lowest BCUT2D eigenvalue weighted by atomic mass is 9.96. The molecule has 0 bridgehead atoms. The van der Waals surface area contributed by atoms with E-state index >= 15 is 0 Å². The van der Waals surface area contributed by atoms with Crippen molar-refractivity contribution < 1.29 is 13.9 Å². The summed E-state index contributed by atoms with van der Waals surface area (Å²) in [6.07, 6.45) is 1.52. The maximum atomic E-state index is 12.6. The van der Waals surface area contributed by atoms with Gasteiger partial charge in [-0.1, -0.05) is 35.4 Å². The highest BCUT2D eigenvalue weighted by molar-refractivity contribution is 5.78. The van der Waals surface area contributed by atoms with Crippen LogP contribution in [0.25, 0.3) is 11.5 Å². The predicted molar refractivity (Wildman–Crippen MR) is 114 cm³/mol. The lowest BCUT2D eigenvalue weighted by Crippen LogP contribution is -2.40. The lowest BCUT2D eigenvalue weighted by Gasteiger charge is -2.29. The molecule has 1 saturated heterocycles. The highest BCUT2D eigenvalue weighted by Crippen LogP contribution is 2.26. The first-order valence-electron chi connectivity index (χ1n) is 10.4. The van der Waals surface area contributed by atoms with Crippen LogP contribution in [-0.4, -0.2) is 35.8 Å². The second-order valence-corrected chi connectivity index (χ2v) is 7.31. The number of hydrogen-bond donors (Lipinski definition) is 1. The van der Waals surface area contributed by atoms with Gasteiger partial charge >= 0.3 is 6.01 Å². The van der Waals surface area contributed by atoms with Crippen molar-refractivity contribution in [3.8, 4) is 17.2 Å². The van der Waals surface area contributed by atoms with Crippen molar-refractivity contribution in [2.75, 3.05) is 24.6 Å². The van der Waals surface area contributed by atoms with Crippen LogP contribution >= 0.6 is 0 Å². The number of carbonyl (C=O) groups is 1. The van der Waals surface area contributed by atoms with Crippen LogP contribution in [0.4, 0.5) is 6.01 Å². The van der Waals surface area contributed by atoms with E-state index in [9.17, 15) is 4.79 Å². The molecule has 1 fully saturated rings. The van der Waals surface area contributed by atoms with Crippen molar-refractivity contribution in [2.24, 2.45) is 5.92 Å². The molecule has 0 radical (unpaired) electrons. The fourth-order valence-corrected chi connectivity index (χ4v) is 3.58. The summed E-state index contributed by atoms with van der Waals surface area (Å²) in [7, 11) is 0. The van der Waals surface area contributed by atoms with Gasteiger partial charge in [0, 0.05) is 31.1 Å². The molecule has 2 aromatic carbocycles. The molecule has 0 atom stereocenters. The Morgan fingerprint density at radius 1 is 1.10 bits per heavy atom. The molecule has 3 aromatic rings. The van der Waals surface area contributed by atoms with E-state index in [0.29, 0.717) is 25.1 Å². The zero-order valence-electron chi connectivity index (χ0n) is 17.1. The van der Waals surface area contributed by atoms with Crippen molar-refractivity contribution in [1.29, 1.82) is 0 Å². The molecule has 30 heavy (non-hydrogen) atoms. The summed E-state index contributed by atoms with van der Waals surface area (Å²) in [5, 5.41) is 11.4. The van der Waals surface area contributed by atoms with E-state index in [4.69, 9.17) is 9.15 Å². The van der Waals surface area contributed by atoms with Gasteiger partial charge in [0.1, 0.15) is 5.75 Å². The predicted octanol–water partition coefficient (Wildman–Crippen LogP) is 3.67. The second kappa shape index (κ2) is 9.43. The Morgan fingerprint density at radius 3 is 2.53 bits per heavy atom. The lowest BCUT2D eigenvalue weighted by molar-refractivity contribution is -0.125. The molecule has 4 rings (SSSR count). The van der Waals surface area contributed by atoms with Gasteiger partial charge in [-0.05, 0) is 49.6 Å². The molecule has 0 unspecified atom stereocenters. The Bertz CT molecular complexity index is 948. The fraction of sp³-hybridized carbons (Fsp3) is 0.348. The number of nitrogens with one attached hydrogen (secondary N) is 1. The summed E-state index contributed by atoms with van der Waals surface area (Å²) in [4.78, 5) is 14.6. The molecule has 2 heterocycles. The van der Waals surface area contributed by atoms with E-state index < -0.39 is 0 Å². The number of ether oxygens (including phenoxy) is 1. The van der Waals surface area contributed by atoms with Crippen LogP contribution < -0.4 is 15.0 Å². The van der Waals surface area contributed by atoms with Crippen LogP contribution in [0.1, 0.15) is 25.3 Å². The summed E-state index contributed by atoms with van der Waals surface area (Å²) in [6.45, 7) is 4.57. The van der Waals surface area contributed by atoms with Gasteiger partial charge in [-0.3, -0.25) is 4.79 Å². The molecule has 1 aromatic heterocycles. The Balaban J connectivity index is 1.26. The van der Waals surface area contributed by atoms with Gasteiger partial charge in [0.05, 0.1) is 6.61 Å². The summed E-state index contributed by atoms with van der Waals surface area (Å²) in [5.74, 6) is 1.46. The first kappa shape index (κ1) is 19.9. The minimum Gasteiger partial charge on any atom is -0.494 e. The van der Waals surface area contributed by atoms with Gasteiger partial charge in [0.15, 0.2) is 0 Å². The average molecular weight is 406 g/mol. The van der Waals surface area contributed by atoms with Gasteiger partial charge in [-0.2, -0.15) is 0 Å². The van der Waals surface area contributed by atoms with Gasteiger partial charge in [0.2, 0.25) is 11.8 Å². The molecular weight excluding hydrogens is 380 g/mol. The Morgan fingerprint density at radius 2 is 1.83 bits per heavy atom. The smallest absolute Gasteiger partial charge is 0.318 e. The van der Waals surface area contributed by atoms with Crippen LogP contribution in [0.2, 0.25) is 0 Å². The minimum atomic E-state index is 0.000429. The largest absolute Gasteiger partial charge is 0.494 e. The van der Waals surface area contributed by atoms with Crippen LogP contribution in [0, 0.1) is 5.92 Å². The second-order valence-electron chi connectivity index (χ2n) is 7.31. The summed E-state index contributed by atoms with van der Waals surface area (Å²) >= 11 is 0. The molecule has 0 spiro atoms. The van der Waals surface area contributed by atoms with Crippen molar-refractivity contribution in [1.82, 2.24) is 15.5 Å². The van der Waals surface area contributed by atoms with E-state index in [-0.39, 0.29) is 11.8 Å². The Hall–Kier alpha value is -3.35. The quantitative estimate of drug-likeness (QED) is 0.645. The topological polar surface area (TPSA) is 80.5 Å². The zero-order valence-corrected chi connectivity index (χ0v) is 17.1. The number of rotatable bonds is 7. The highest BCUT2D eigenvalue weighted by Gasteiger charge is 2.27. The molecule has 1 aliphatic rings. The van der Waals surface area contributed by atoms with Crippen LogP contribution in [0.15, 0.2) is 59.0 Å². The van der Waals surface area contributed by atoms with Crippen molar-refractivity contribution in [3.05, 3.63) is 60.2 Å². The SMILES string of the molecule is CCOc1ccc(CNC(=O)C2CCN(c3nnc(-c4ccccc4)o3)CC2)cc1. The molecule has 0 aliphatic carbocycles. The number of nitrogens with zero attached hydrogens (tertiary/aromatic N) is 3. The van der Waals surface area contributed by atoms with Gasteiger partial charge in [-0.15, -0.1) is 5.10 Å². The third-order valence-corrected chi connectivity index (χ3v) is 5.27. The minimum absolute atomic E-state index is 0.000429. The van der Waals surface area contributed by atoms with Gasteiger partial charge in [-0.25, -0.2) is 0 Å². The van der Waals surface area contributed by atoms with Gasteiger partial charge in [0.25, 0.3) is 0 Å². The van der Waals surface area contributed by atoms with E-state index in [1.807, 2.05) is 61.5 Å². The highest BCUT2D eigenvalue weighted by atomic mass is 16.5. The standard InChI is InChI=1S/C23H26N4O3/c1-2-29-20-10-8-17(9-11-20)16-24-21(28)18-12-14-27(15-13-18)23-26-25-22(30-23)19-6-4-3-5-7-19/h3-11,18H,2,12-16H2,1H3,(H,24,28). The number of carbonyl (C=O) groups excluding carboxylic acids is 1. The van der Waals surface area contributed by atoms with Gasteiger partial charge < -0.3 is 19.4 Å². The number of anilines is 1.